The highest BCUT2D eigenvalue weighted by Crippen LogP contribution is 2.64. The Bertz CT molecular complexity index is 147. The molecule has 0 aromatic rings. The predicted octanol–water partition coefficient (Wildman–Crippen LogP) is 6.47. The van der Waals surface area contributed by atoms with Gasteiger partial charge in [-0.15, -0.1) is 11.6 Å². The van der Waals surface area contributed by atoms with E-state index >= 15 is 0 Å². The van der Waals surface area contributed by atoms with E-state index in [2.05, 4.69) is 6.92 Å². The number of halogens is 4. The maximum Gasteiger partial charge on any atom is 0.0223 e. The van der Waals surface area contributed by atoms with Gasteiger partial charge >= 0.3 is 0 Å². The van der Waals surface area contributed by atoms with E-state index in [1.165, 1.54) is 25.7 Å². The zero-order valence-corrected chi connectivity index (χ0v) is 13.0. The molecular formula is C10H20Cl4S. The van der Waals surface area contributed by atoms with Crippen LogP contribution in [0.25, 0.3) is 0 Å². The molecule has 0 aromatic carbocycles. The van der Waals surface area contributed by atoms with Gasteiger partial charge in [0.25, 0.3) is 0 Å². The lowest BCUT2D eigenvalue weighted by molar-refractivity contribution is 0.484. The minimum absolute atomic E-state index is 0.573. The number of hydrogen-bond acceptors (Lipinski definition) is 0. The molecule has 1 unspecified atom stereocenters. The molecule has 0 aliphatic rings. The Morgan fingerprint density at radius 2 is 1.60 bits per heavy atom. The number of rotatable bonds is 9. The molecule has 0 spiro atoms. The molecule has 0 heterocycles. The van der Waals surface area contributed by atoms with E-state index in [4.69, 9.17) is 43.6 Å². The molecule has 5 heteroatoms. The van der Waals surface area contributed by atoms with Gasteiger partial charge in [-0.3, -0.25) is 0 Å². The van der Waals surface area contributed by atoms with E-state index in [0.717, 1.165) is 24.5 Å². The fourth-order valence-corrected chi connectivity index (χ4v) is 4.28. The molecule has 0 aliphatic carbocycles. The lowest BCUT2D eigenvalue weighted by Crippen LogP contribution is -2.05. The zero-order chi connectivity index (χ0) is 11.7. The summed E-state index contributed by atoms with van der Waals surface area (Å²) in [5.41, 5.74) is 0. The first kappa shape index (κ1) is 16.5. The second kappa shape index (κ2) is 9.53. The van der Waals surface area contributed by atoms with Gasteiger partial charge in [0.2, 0.25) is 0 Å². The van der Waals surface area contributed by atoms with Crippen LogP contribution in [0.4, 0.5) is 0 Å². The highest BCUT2D eigenvalue weighted by Gasteiger charge is 2.19. The molecule has 0 bridgehead atoms. The lowest BCUT2D eigenvalue weighted by atomic mass is 10.0. The van der Waals surface area contributed by atoms with Gasteiger partial charge in [0, 0.05) is 11.6 Å². The van der Waals surface area contributed by atoms with Crippen molar-refractivity contribution >= 4 is 51.3 Å². The van der Waals surface area contributed by atoms with Gasteiger partial charge in [0.05, 0.1) is 0 Å². The molecule has 0 aromatic heterocycles. The van der Waals surface area contributed by atoms with Crippen LogP contribution in [0.1, 0.15) is 45.4 Å². The quantitative estimate of drug-likeness (QED) is 0.338. The molecule has 0 radical (unpaired) electrons. The summed E-state index contributed by atoms with van der Waals surface area (Å²) in [6.45, 7) is 2.17. The SMILES string of the molecule is CCC(CCCCCCCl)CS(Cl)(Cl)Cl. The van der Waals surface area contributed by atoms with E-state index in [-0.39, 0.29) is 0 Å². The minimum atomic E-state index is -1.89. The van der Waals surface area contributed by atoms with Crippen LogP contribution in [0.2, 0.25) is 0 Å². The van der Waals surface area contributed by atoms with Gasteiger partial charge in [-0.05, 0) is 58.5 Å². The fourth-order valence-electron chi connectivity index (χ4n) is 1.55. The van der Waals surface area contributed by atoms with Crippen molar-refractivity contribution in [2.75, 3.05) is 11.6 Å². The van der Waals surface area contributed by atoms with Crippen LogP contribution in [0, 0.1) is 5.92 Å². The molecule has 15 heavy (non-hydrogen) atoms. The van der Waals surface area contributed by atoms with Crippen LogP contribution in [0.5, 0.6) is 0 Å². The number of hydrogen-bond donors (Lipinski definition) is 0. The van der Waals surface area contributed by atoms with Crippen molar-refractivity contribution in [1.82, 2.24) is 0 Å². The summed E-state index contributed by atoms with van der Waals surface area (Å²) in [6, 6.07) is 0. The van der Waals surface area contributed by atoms with Gasteiger partial charge < -0.3 is 0 Å². The predicted molar refractivity (Wildman–Crippen MR) is 77.6 cm³/mol. The minimum Gasteiger partial charge on any atom is -0.127 e. The van der Waals surface area contributed by atoms with E-state index in [0.29, 0.717) is 5.92 Å². The third-order valence-corrected chi connectivity index (χ3v) is 4.75. The highest BCUT2D eigenvalue weighted by molar-refractivity contribution is 8.79. The van der Waals surface area contributed by atoms with E-state index in [1.54, 1.807) is 0 Å². The van der Waals surface area contributed by atoms with Gasteiger partial charge in [0.15, 0.2) is 0 Å². The van der Waals surface area contributed by atoms with Gasteiger partial charge in [0.1, 0.15) is 0 Å². The van der Waals surface area contributed by atoms with Gasteiger partial charge in [-0.2, -0.15) is 0 Å². The van der Waals surface area contributed by atoms with Crippen molar-refractivity contribution in [3.05, 3.63) is 0 Å². The van der Waals surface area contributed by atoms with Crippen LogP contribution < -0.4 is 0 Å². The van der Waals surface area contributed by atoms with E-state index in [9.17, 15) is 0 Å². The normalized spacial score (nSPS) is 15.3. The average molecular weight is 314 g/mol. The van der Waals surface area contributed by atoms with Crippen LogP contribution in [0.15, 0.2) is 0 Å². The van der Waals surface area contributed by atoms with E-state index < -0.39 is 7.67 Å². The summed E-state index contributed by atoms with van der Waals surface area (Å²) in [6.07, 6.45) is 7.11. The van der Waals surface area contributed by atoms with Crippen LogP contribution >= 0.6 is 51.3 Å². The first-order valence-electron chi connectivity index (χ1n) is 5.45. The van der Waals surface area contributed by atoms with Gasteiger partial charge in [-0.1, -0.05) is 32.6 Å². The monoisotopic (exact) mass is 312 g/mol. The average Bonchev–Trinajstić information content (AvgIpc) is 2.14. The van der Waals surface area contributed by atoms with Crippen molar-refractivity contribution in [1.29, 1.82) is 0 Å². The molecule has 0 saturated carbocycles. The third kappa shape index (κ3) is 11.8. The topological polar surface area (TPSA) is 0 Å². The first-order chi connectivity index (χ1) is 6.99. The molecule has 94 valence electrons. The zero-order valence-electron chi connectivity index (χ0n) is 9.15. The highest BCUT2D eigenvalue weighted by atomic mass is 36.2. The largest absolute Gasteiger partial charge is 0.127 e. The standard InChI is InChI=1S/C10H20Cl4S/c1-2-10(9-15(12,13)14)7-5-3-4-6-8-11/h10H,2-9H2,1H3. The molecule has 0 rings (SSSR count). The number of unbranched alkanes of at least 4 members (excludes halogenated alkanes) is 3. The Labute approximate surface area is 114 Å². The second-order valence-corrected chi connectivity index (χ2v) is 11.7. The van der Waals surface area contributed by atoms with Crippen molar-refractivity contribution in [2.45, 2.75) is 45.4 Å². The van der Waals surface area contributed by atoms with Crippen LogP contribution in [-0.2, 0) is 0 Å². The Kier molecular flexibility index (Phi) is 10.5. The van der Waals surface area contributed by atoms with E-state index in [1.807, 2.05) is 0 Å². The number of alkyl halides is 1. The first-order valence-corrected chi connectivity index (χ1v) is 10.3. The summed E-state index contributed by atoms with van der Waals surface area (Å²) in [5.74, 6) is 2.10. The molecule has 0 fully saturated rings. The molecular weight excluding hydrogens is 294 g/mol. The Morgan fingerprint density at radius 3 is 2.07 bits per heavy atom. The molecule has 0 amide bonds. The summed E-state index contributed by atoms with van der Waals surface area (Å²) < 4.78 is 0. The van der Waals surface area contributed by atoms with Crippen LogP contribution in [-0.4, -0.2) is 11.6 Å². The van der Waals surface area contributed by atoms with Gasteiger partial charge in [-0.25, -0.2) is 0 Å². The summed E-state index contributed by atoms with van der Waals surface area (Å²) in [5, 5.41) is 0. The lowest BCUT2D eigenvalue weighted by Gasteiger charge is -2.22. The molecule has 1 atom stereocenters. The maximum atomic E-state index is 5.87. The summed E-state index contributed by atoms with van der Waals surface area (Å²) >= 11 is 5.61. The third-order valence-electron chi connectivity index (χ3n) is 2.50. The summed E-state index contributed by atoms with van der Waals surface area (Å²) in [7, 11) is 15.7. The Balaban J connectivity index is 3.53. The Hall–Kier alpha value is 1.51. The van der Waals surface area contributed by atoms with Crippen molar-refractivity contribution in [2.24, 2.45) is 5.92 Å². The van der Waals surface area contributed by atoms with Crippen molar-refractivity contribution in [3.8, 4) is 0 Å². The second-order valence-electron chi connectivity index (χ2n) is 3.84. The maximum absolute atomic E-state index is 5.87. The fraction of sp³-hybridized carbons (Fsp3) is 1.00. The van der Waals surface area contributed by atoms with Crippen molar-refractivity contribution < 1.29 is 0 Å². The van der Waals surface area contributed by atoms with Crippen LogP contribution in [0.3, 0.4) is 0 Å². The molecule has 0 N–H and O–H groups in total. The summed E-state index contributed by atoms with van der Waals surface area (Å²) in [4.78, 5) is 0. The molecule has 0 aliphatic heterocycles. The van der Waals surface area contributed by atoms with Crippen molar-refractivity contribution in [3.63, 3.8) is 0 Å². The smallest absolute Gasteiger partial charge is 0.0223 e. The molecule has 0 saturated heterocycles. The molecule has 0 nitrogen and oxygen atoms in total. The Morgan fingerprint density at radius 1 is 1.00 bits per heavy atom.